The number of carboxylic acid groups (broad SMARTS) is 1. The van der Waals surface area contributed by atoms with Crippen molar-refractivity contribution in [1.29, 1.82) is 0 Å². The molecule has 164 valence electrons. The van der Waals surface area contributed by atoms with Gasteiger partial charge in [-0.25, -0.2) is 14.6 Å². The molecule has 2 aromatic rings. The van der Waals surface area contributed by atoms with Crippen molar-refractivity contribution in [2.24, 2.45) is 0 Å². The molecule has 2 rings (SSSR count). The number of amides is 1. The molecule has 0 saturated carbocycles. The van der Waals surface area contributed by atoms with Crippen LogP contribution in [-0.2, 0) is 16.0 Å². The molecule has 0 aliphatic rings. The number of nitrogens with one attached hydrogen (secondary N) is 1. The van der Waals surface area contributed by atoms with E-state index in [0.29, 0.717) is 0 Å². The molecule has 1 amide bonds. The second-order valence-electron chi connectivity index (χ2n) is 7.23. The highest BCUT2D eigenvalue weighted by molar-refractivity contribution is 5.80. The maximum absolute atomic E-state index is 11.9. The van der Waals surface area contributed by atoms with Crippen molar-refractivity contribution in [2.75, 3.05) is 10.5 Å². The summed E-state index contributed by atoms with van der Waals surface area (Å²) in [7, 11) is 0. The maximum atomic E-state index is 11.9. The van der Waals surface area contributed by atoms with Crippen LogP contribution in [-0.4, -0.2) is 48.8 Å². The lowest BCUT2D eigenvalue weighted by Crippen LogP contribution is -2.44. The number of carbonyl (C=O) groups is 2. The first-order chi connectivity index (χ1) is 13.9. The van der Waals surface area contributed by atoms with E-state index in [9.17, 15) is 35.5 Å². The van der Waals surface area contributed by atoms with Gasteiger partial charge in [0.25, 0.3) is 0 Å². The molecule has 1 aromatic heterocycles. The first kappa shape index (κ1) is 22.9. The Balaban J connectivity index is 2.23. The third-order valence-electron chi connectivity index (χ3n) is 3.70. The van der Waals surface area contributed by atoms with Crippen molar-refractivity contribution in [3.63, 3.8) is 0 Å². The number of benzene rings is 1. The molecule has 0 fully saturated rings. The minimum Gasteiger partial charge on any atom is -0.769 e. The van der Waals surface area contributed by atoms with Crippen molar-refractivity contribution >= 4 is 23.4 Å². The molecule has 1 atom stereocenters. The second-order valence-corrected chi connectivity index (χ2v) is 7.23. The van der Waals surface area contributed by atoms with Crippen LogP contribution in [0.2, 0.25) is 0 Å². The summed E-state index contributed by atoms with van der Waals surface area (Å²) in [5.41, 5.74) is -1.08. The first-order valence-corrected chi connectivity index (χ1v) is 8.59. The fourth-order valence-electron chi connectivity index (χ4n) is 2.46. The second kappa shape index (κ2) is 8.96. The maximum Gasteiger partial charge on any atom is 0.408 e. The van der Waals surface area contributed by atoms with E-state index < -0.39 is 28.9 Å². The zero-order valence-corrected chi connectivity index (χ0v) is 16.3. The van der Waals surface area contributed by atoms with Gasteiger partial charge in [0.05, 0.1) is 17.7 Å². The molecule has 0 radical (unpaired) electrons. The number of nitrogens with zero attached hydrogens (tertiary/aromatic N) is 4. The fraction of sp³-hybridized carbons (Fsp3) is 0.353. The lowest BCUT2D eigenvalue weighted by Gasteiger charge is -2.38. The third-order valence-corrected chi connectivity index (χ3v) is 3.70. The van der Waals surface area contributed by atoms with E-state index in [1.54, 1.807) is 20.8 Å². The Labute approximate surface area is 170 Å². The minimum atomic E-state index is -1.33. The van der Waals surface area contributed by atoms with Crippen molar-refractivity contribution in [2.45, 2.75) is 38.8 Å². The number of aliphatic carboxylic acids is 1. The highest BCUT2D eigenvalue weighted by Gasteiger charge is 2.25. The van der Waals surface area contributed by atoms with Gasteiger partial charge in [-0.3, -0.25) is 10.4 Å². The number of anilines is 2. The standard InChI is InChI=1S/C17H21N5O8/c1-17(2,3)30-16(25)19-12(15(23)24)6-10-8-20(9-18-10)13-5-4-11(21(26)27)7-14(13)22(28)29/h4-5,7-9,12,28-29H,6H2,1-3H3,(H,19,25)(H,23,24)/q-2/t12-/m1/s1. The summed E-state index contributed by atoms with van der Waals surface area (Å²) in [6, 6.07) is 2.05. The molecule has 13 heteroatoms. The zero-order valence-electron chi connectivity index (χ0n) is 16.3. The number of imidazole rings is 1. The van der Waals surface area contributed by atoms with Gasteiger partial charge in [-0.2, -0.15) is 0 Å². The molecule has 4 N–H and O–H groups in total. The summed E-state index contributed by atoms with van der Waals surface area (Å²) in [5.74, 6) is -1.30. The van der Waals surface area contributed by atoms with Gasteiger partial charge in [-0.1, -0.05) is 0 Å². The van der Waals surface area contributed by atoms with Crippen LogP contribution in [0.25, 0.3) is 5.69 Å². The summed E-state index contributed by atoms with van der Waals surface area (Å²) in [6.07, 6.45) is 1.56. The van der Waals surface area contributed by atoms with Crippen molar-refractivity contribution in [3.8, 4) is 5.69 Å². The van der Waals surface area contributed by atoms with E-state index >= 15 is 0 Å². The smallest absolute Gasteiger partial charge is 0.408 e. The SMILES string of the molecule is CC(C)(C)OC(=O)N[C@H](Cc1cn(-c2ccc(N([O-])[O-])cc2N(O)O)cn1)C(=O)O. The number of aromatic nitrogens is 2. The number of hydrogen-bond acceptors (Lipinski definition) is 10. The van der Waals surface area contributed by atoms with Gasteiger partial charge in [-0.15, -0.1) is 5.23 Å². The van der Waals surface area contributed by atoms with Gasteiger partial charge in [-0.05, 0) is 39.0 Å². The predicted octanol–water partition coefficient (Wildman–Crippen LogP) is 1.78. The molecule has 13 nitrogen and oxygen atoms in total. The Hall–Kier alpha value is -3.39. The number of ether oxygens (including phenoxy) is 1. The summed E-state index contributed by atoms with van der Waals surface area (Å²) >= 11 is 0. The topological polar surface area (TPSA) is 187 Å². The molecular formula is C17H21N5O8-2. The average molecular weight is 423 g/mol. The number of carbonyl (C=O) groups excluding carboxylic acids is 1. The van der Waals surface area contributed by atoms with Crippen LogP contribution in [0.4, 0.5) is 16.2 Å². The summed E-state index contributed by atoms with van der Waals surface area (Å²) < 4.78 is 6.37. The van der Waals surface area contributed by atoms with Crippen molar-refractivity contribution < 1.29 is 29.8 Å². The van der Waals surface area contributed by atoms with Crippen LogP contribution in [0.15, 0.2) is 30.7 Å². The van der Waals surface area contributed by atoms with E-state index in [1.807, 2.05) is 0 Å². The van der Waals surface area contributed by atoms with Crippen molar-refractivity contribution in [1.82, 2.24) is 14.9 Å². The summed E-state index contributed by atoms with van der Waals surface area (Å²) in [4.78, 5) is 27.4. The Morgan fingerprint density at radius 3 is 2.50 bits per heavy atom. The quantitative estimate of drug-likeness (QED) is 0.475. The molecule has 0 unspecified atom stereocenters. The molecule has 1 heterocycles. The Kier molecular flexibility index (Phi) is 6.84. The van der Waals surface area contributed by atoms with Crippen molar-refractivity contribution in [3.05, 3.63) is 46.8 Å². The van der Waals surface area contributed by atoms with Gasteiger partial charge in [0.1, 0.15) is 17.3 Å². The van der Waals surface area contributed by atoms with Gasteiger partial charge in [0.2, 0.25) is 0 Å². The lowest BCUT2D eigenvalue weighted by atomic mass is 10.1. The van der Waals surface area contributed by atoms with Crippen LogP contribution in [0, 0.1) is 10.4 Å². The highest BCUT2D eigenvalue weighted by atomic mass is 16.8. The minimum absolute atomic E-state index is 0.135. The Bertz CT molecular complexity index is 906. The predicted molar refractivity (Wildman–Crippen MR) is 103 cm³/mol. The number of hydrogen-bond donors (Lipinski definition) is 4. The van der Waals surface area contributed by atoms with Crippen LogP contribution >= 0.6 is 0 Å². The molecule has 0 bridgehead atoms. The van der Waals surface area contributed by atoms with Gasteiger partial charge in [0.15, 0.2) is 0 Å². The summed E-state index contributed by atoms with van der Waals surface area (Å²) in [5, 5.41) is 51.2. The molecule has 0 aliphatic heterocycles. The monoisotopic (exact) mass is 423 g/mol. The van der Waals surface area contributed by atoms with E-state index in [4.69, 9.17) is 4.74 Å². The number of rotatable bonds is 7. The fourth-order valence-corrected chi connectivity index (χ4v) is 2.46. The molecule has 1 aromatic carbocycles. The van der Waals surface area contributed by atoms with Gasteiger partial charge in [0, 0.05) is 18.3 Å². The zero-order chi connectivity index (χ0) is 22.6. The molecule has 0 aliphatic carbocycles. The van der Waals surface area contributed by atoms with Gasteiger partial charge < -0.3 is 35.4 Å². The Morgan fingerprint density at radius 2 is 1.97 bits per heavy atom. The summed E-state index contributed by atoms with van der Waals surface area (Å²) in [6.45, 7) is 4.91. The van der Waals surface area contributed by atoms with E-state index in [2.05, 4.69) is 10.3 Å². The third kappa shape index (κ3) is 6.05. The number of alkyl carbamates (subject to hydrolysis) is 1. The first-order valence-electron chi connectivity index (χ1n) is 8.59. The highest BCUT2D eigenvalue weighted by Crippen LogP contribution is 2.28. The lowest BCUT2D eigenvalue weighted by molar-refractivity contribution is -0.139. The van der Waals surface area contributed by atoms with E-state index in [-0.39, 0.29) is 34.4 Å². The normalized spacial score (nSPS) is 12.2. The van der Waals surface area contributed by atoms with Crippen LogP contribution in [0.5, 0.6) is 0 Å². The van der Waals surface area contributed by atoms with Crippen LogP contribution in [0.1, 0.15) is 26.5 Å². The van der Waals surface area contributed by atoms with E-state index in [1.165, 1.54) is 23.2 Å². The average Bonchev–Trinajstić information content (AvgIpc) is 3.07. The van der Waals surface area contributed by atoms with E-state index in [0.717, 1.165) is 12.1 Å². The molecular weight excluding hydrogens is 402 g/mol. The molecule has 0 saturated heterocycles. The van der Waals surface area contributed by atoms with Crippen LogP contribution < -0.4 is 15.8 Å². The number of carboxylic acids is 1. The van der Waals surface area contributed by atoms with Gasteiger partial charge >= 0.3 is 12.1 Å². The Morgan fingerprint density at radius 1 is 1.30 bits per heavy atom. The molecule has 30 heavy (non-hydrogen) atoms. The van der Waals surface area contributed by atoms with Crippen LogP contribution in [0.3, 0.4) is 0 Å². The largest absolute Gasteiger partial charge is 0.769 e. The molecule has 0 spiro atoms.